The van der Waals surface area contributed by atoms with Crippen molar-refractivity contribution in [1.29, 1.82) is 0 Å². The number of aromatic nitrogens is 4. The average Bonchev–Trinajstić information content (AvgIpc) is 3.80. The van der Waals surface area contributed by atoms with E-state index >= 15 is 0 Å². The predicted molar refractivity (Wildman–Crippen MR) is 199 cm³/mol. The minimum Gasteiger partial charge on any atom is -0.456 e. The van der Waals surface area contributed by atoms with Crippen molar-refractivity contribution in [3.05, 3.63) is 158 Å². The van der Waals surface area contributed by atoms with Gasteiger partial charge in [-0.2, -0.15) is 0 Å². The normalized spacial score (nSPS) is 11.6. The van der Waals surface area contributed by atoms with E-state index in [0.29, 0.717) is 23.4 Å². The predicted octanol–water partition coefficient (Wildman–Crippen LogP) is 11.4. The second-order valence-corrected chi connectivity index (χ2v) is 12.2. The Balaban J connectivity index is 1.06. The van der Waals surface area contributed by atoms with Gasteiger partial charge in [-0.15, -0.1) is 0 Å². The molecule has 0 amide bonds. The molecule has 0 spiro atoms. The molecule has 10 aromatic rings. The number of rotatable bonds is 5. The van der Waals surface area contributed by atoms with Crippen LogP contribution < -0.4 is 0 Å². The lowest BCUT2D eigenvalue weighted by Crippen LogP contribution is -2.00. The van der Waals surface area contributed by atoms with E-state index in [1.54, 1.807) is 0 Å². The highest BCUT2D eigenvalue weighted by Crippen LogP contribution is 2.40. The molecule has 0 radical (unpaired) electrons. The molecule has 0 unspecified atom stereocenters. The Labute approximate surface area is 286 Å². The molecule has 3 aromatic heterocycles. The summed E-state index contributed by atoms with van der Waals surface area (Å²) in [4.78, 5) is 19.7. The van der Waals surface area contributed by atoms with E-state index in [4.69, 9.17) is 28.8 Å². The van der Waals surface area contributed by atoms with Gasteiger partial charge in [0.2, 0.25) is 5.89 Å². The molecule has 7 aromatic carbocycles. The molecule has 0 saturated carbocycles. The van der Waals surface area contributed by atoms with Gasteiger partial charge in [-0.05, 0) is 46.2 Å². The van der Waals surface area contributed by atoms with E-state index in [1.807, 2.05) is 91.0 Å². The summed E-state index contributed by atoms with van der Waals surface area (Å²) in [7, 11) is 0. The van der Waals surface area contributed by atoms with E-state index in [-0.39, 0.29) is 0 Å². The lowest BCUT2D eigenvalue weighted by Gasteiger charge is -2.11. The molecule has 0 aliphatic carbocycles. The third-order valence-electron chi connectivity index (χ3n) is 9.21. The summed E-state index contributed by atoms with van der Waals surface area (Å²) >= 11 is 0. The molecule has 0 bridgehead atoms. The van der Waals surface area contributed by atoms with Crippen molar-refractivity contribution >= 4 is 43.8 Å². The minimum absolute atomic E-state index is 0.578. The van der Waals surface area contributed by atoms with Gasteiger partial charge in [-0.1, -0.05) is 133 Å². The van der Waals surface area contributed by atoms with Crippen LogP contribution in [0.1, 0.15) is 0 Å². The summed E-state index contributed by atoms with van der Waals surface area (Å²) in [5.41, 5.74) is 9.10. The third-order valence-corrected chi connectivity index (χ3v) is 9.21. The molecule has 50 heavy (non-hydrogen) atoms. The number of furan rings is 1. The van der Waals surface area contributed by atoms with Crippen LogP contribution in [0.25, 0.3) is 101 Å². The molecule has 10 rings (SSSR count). The van der Waals surface area contributed by atoms with Gasteiger partial charge in [-0.25, -0.2) is 19.9 Å². The first-order valence-corrected chi connectivity index (χ1v) is 16.5. The summed E-state index contributed by atoms with van der Waals surface area (Å²) in [5.74, 6) is 2.48. The molecule has 0 atom stereocenters. The molecule has 0 fully saturated rings. The summed E-state index contributed by atoms with van der Waals surface area (Å²) in [6.45, 7) is 0. The summed E-state index contributed by atoms with van der Waals surface area (Å²) < 4.78 is 12.5. The number of nitrogens with zero attached hydrogens (tertiary/aromatic N) is 4. The molecule has 0 N–H and O–H groups in total. The van der Waals surface area contributed by atoms with Crippen LogP contribution in [0.2, 0.25) is 0 Å². The molecule has 3 heterocycles. The minimum atomic E-state index is 0.578. The molecule has 0 aliphatic heterocycles. The Morgan fingerprint density at radius 1 is 0.320 bits per heavy atom. The lowest BCUT2D eigenvalue weighted by atomic mass is 9.94. The van der Waals surface area contributed by atoms with Crippen molar-refractivity contribution in [2.24, 2.45) is 0 Å². The van der Waals surface area contributed by atoms with E-state index in [1.165, 1.54) is 0 Å². The largest absolute Gasteiger partial charge is 0.456 e. The van der Waals surface area contributed by atoms with Gasteiger partial charge in [0.15, 0.2) is 23.1 Å². The topological polar surface area (TPSA) is 77.8 Å². The van der Waals surface area contributed by atoms with Crippen molar-refractivity contribution in [2.75, 3.05) is 0 Å². The Morgan fingerprint density at radius 2 is 0.820 bits per heavy atom. The maximum absolute atomic E-state index is 6.41. The fourth-order valence-corrected chi connectivity index (χ4v) is 6.79. The lowest BCUT2D eigenvalue weighted by molar-refractivity contribution is 0.620. The Bertz CT molecular complexity index is 2800. The zero-order valence-electron chi connectivity index (χ0n) is 26.6. The van der Waals surface area contributed by atoms with Crippen LogP contribution in [0.15, 0.2) is 167 Å². The van der Waals surface area contributed by atoms with Crippen LogP contribution in [-0.4, -0.2) is 19.9 Å². The molecule has 0 aliphatic rings. The molecule has 234 valence electrons. The fourth-order valence-electron chi connectivity index (χ4n) is 6.79. The van der Waals surface area contributed by atoms with Crippen LogP contribution in [-0.2, 0) is 0 Å². The number of benzene rings is 7. The zero-order chi connectivity index (χ0) is 33.0. The zero-order valence-corrected chi connectivity index (χ0v) is 26.6. The smallest absolute Gasteiger partial charge is 0.227 e. The number of oxazole rings is 1. The fraction of sp³-hybridized carbons (Fsp3) is 0. The van der Waals surface area contributed by atoms with Crippen LogP contribution in [0.4, 0.5) is 0 Å². The van der Waals surface area contributed by atoms with E-state index in [9.17, 15) is 0 Å². The molecule has 6 nitrogen and oxygen atoms in total. The van der Waals surface area contributed by atoms with Crippen molar-refractivity contribution in [3.8, 4) is 56.7 Å². The van der Waals surface area contributed by atoms with Crippen LogP contribution in [0.5, 0.6) is 0 Å². The molecular formula is C44H26N4O2. The van der Waals surface area contributed by atoms with Gasteiger partial charge in [0.1, 0.15) is 16.7 Å². The number of para-hydroxylation sites is 1. The quantitative estimate of drug-likeness (QED) is 0.186. The highest BCUT2D eigenvalue weighted by molar-refractivity contribution is 6.17. The number of hydrogen-bond donors (Lipinski definition) is 0. The van der Waals surface area contributed by atoms with Crippen molar-refractivity contribution in [2.45, 2.75) is 0 Å². The van der Waals surface area contributed by atoms with Crippen molar-refractivity contribution in [1.82, 2.24) is 19.9 Å². The van der Waals surface area contributed by atoms with Gasteiger partial charge in [0.05, 0.1) is 5.39 Å². The maximum atomic E-state index is 6.41. The average molecular weight is 643 g/mol. The number of fused-ring (bicyclic) bond motifs is 6. The second-order valence-electron chi connectivity index (χ2n) is 12.2. The summed E-state index contributed by atoms with van der Waals surface area (Å²) in [5, 5.41) is 4.17. The van der Waals surface area contributed by atoms with E-state index < -0.39 is 0 Å². The van der Waals surface area contributed by atoms with Gasteiger partial charge in [0.25, 0.3) is 0 Å². The van der Waals surface area contributed by atoms with Gasteiger partial charge in [-0.3, -0.25) is 0 Å². The van der Waals surface area contributed by atoms with Crippen LogP contribution >= 0.6 is 0 Å². The second kappa shape index (κ2) is 11.4. The van der Waals surface area contributed by atoms with Crippen molar-refractivity contribution < 1.29 is 8.83 Å². The molecule has 6 heteroatoms. The van der Waals surface area contributed by atoms with Gasteiger partial charge >= 0.3 is 0 Å². The van der Waals surface area contributed by atoms with E-state index in [2.05, 4.69) is 66.7 Å². The standard InChI is InChI=1S/C44H26N4O2/c1-3-11-28(12-4-1)41-46-42(29-13-5-2-6-14-29)48-43(47-41)30-21-19-27(20-22-30)31-23-24-34(33-16-8-7-15-32(31)33)44-45-40-38(50-44)26-25-37-39(40)35-17-9-10-18-36(35)49-37/h1-26H. The Kier molecular flexibility index (Phi) is 6.39. The first-order valence-electron chi connectivity index (χ1n) is 16.5. The summed E-state index contributed by atoms with van der Waals surface area (Å²) in [6.07, 6.45) is 0. The maximum Gasteiger partial charge on any atom is 0.227 e. The first-order chi connectivity index (χ1) is 24.8. The van der Waals surface area contributed by atoms with Crippen LogP contribution in [0.3, 0.4) is 0 Å². The molecular weight excluding hydrogens is 617 g/mol. The highest BCUT2D eigenvalue weighted by Gasteiger charge is 2.19. The first kappa shape index (κ1) is 28.1. The molecule has 0 saturated heterocycles. The highest BCUT2D eigenvalue weighted by atomic mass is 16.4. The Hall–Kier alpha value is -6.92. The monoisotopic (exact) mass is 642 g/mol. The van der Waals surface area contributed by atoms with Crippen LogP contribution in [0, 0.1) is 0 Å². The van der Waals surface area contributed by atoms with Gasteiger partial charge in [0, 0.05) is 27.6 Å². The SMILES string of the molecule is c1ccc(-c2nc(-c3ccccc3)nc(-c3ccc(-c4ccc(-c5nc6c(ccc7oc8ccccc8c76)o5)c5ccccc45)cc3)n2)cc1. The summed E-state index contributed by atoms with van der Waals surface area (Å²) in [6, 6.07) is 53.1. The Morgan fingerprint density at radius 3 is 1.48 bits per heavy atom. The van der Waals surface area contributed by atoms with Gasteiger partial charge < -0.3 is 8.83 Å². The van der Waals surface area contributed by atoms with Crippen molar-refractivity contribution in [3.63, 3.8) is 0 Å². The third kappa shape index (κ3) is 4.65. The number of hydrogen-bond acceptors (Lipinski definition) is 6. The van der Waals surface area contributed by atoms with E-state index in [0.717, 1.165) is 77.2 Å².